The van der Waals surface area contributed by atoms with E-state index in [0.29, 0.717) is 37.6 Å². The standard InChI is InChI=1S/C16H20F3N3O3S/c1-26-11-15(24)22-8-6-21(7-9-22)10-14(23)20-12-2-4-13(5-3-12)25-16(17,18)19/h2-5H,6-11H2,1H3,(H,20,23). The fourth-order valence-electron chi connectivity index (χ4n) is 2.51. The zero-order valence-electron chi connectivity index (χ0n) is 14.2. The third-order valence-corrected chi connectivity index (χ3v) is 4.27. The minimum atomic E-state index is -4.75. The summed E-state index contributed by atoms with van der Waals surface area (Å²) in [6, 6.07) is 4.97. The number of piperazine rings is 1. The highest BCUT2D eigenvalue weighted by atomic mass is 32.2. The predicted octanol–water partition coefficient (Wildman–Crippen LogP) is 2.03. The second-order valence-corrected chi connectivity index (χ2v) is 6.58. The van der Waals surface area contributed by atoms with E-state index in [2.05, 4.69) is 10.1 Å². The lowest BCUT2D eigenvalue weighted by Crippen LogP contribution is -2.50. The van der Waals surface area contributed by atoms with E-state index in [4.69, 9.17) is 0 Å². The molecule has 1 fully saturated rings. The van der Waals surface area contributed by atoms with Crippen molar-refractivity contribution in [2.24, 2.45) is 0 Å². The van der Waals surface area contributed by atoms with Crippen molar-refractivity contribution in [2.45, 2.75) is 6.36 Å². The number of amides is 2. The molecule has 0 aromatic heterocycles. The number of nitrogens with one attached hydrogen (secondary N) is 1. The van der Waals surface area contributed by atoms with Crippen molar-refractivity contribution < 1.29 is 27.5 Å². The summed E-state index contributed by atoms with van der Waals surface area (Å²) in [5.41, 5.74) is 0.387. The number of hydrogen-bond donors (Lipinski definition) is 1. The van der Waals surface area contributed by atoms with E-state index in [0.717, 1.165) is 12.1 Å². The Hall–Kier alpha value is -1.94. The quantitative estimate of drug-likeness (QED) is 0.804. The van der Waals surface area contributed by atoms with Gasteiger partial charge >= 0.3 is 6.36 Å². The van der Waals surface area contributed by atoms with Gasteiger partial charge in [0.25, 0.3) is 0 Å². The molecule has 0 atom stereocenters. The zero-order chi connectivity index (χ0) is 19.2. The Morgan fingerprint density at radius 1 is 1.15 bits per heavy atom. The van der Waals surface area contributed by atoms with Crippen molar-refractivity contribution in [3.05, 3.63) is 24.3 Å². The van der Waals surface area contributed by atoms with Crippen LogP contribution in [0.3, 0.4) is 0 Å². The molecule has 26 heavy (non-hydrogen) atoms. The first-order chi connectivity index (χ1) is 12.3. The number of alkyl halides is 3. The van der Waals surface area contributed by atoms with Crippen molar-refractivity contribution in [3.8, 4) is 5.75 Å². The first kappa shape index (κ1) is 20.4. The van der Waals surface area contributed by atoms with Gasteiger partial charge in [-0.1, -0.05) is 0 Å². The highest BCUT2D eigenvalue weighted by Gasteiger charge is 2.31. The largest absolute Gasteiger partial charge is 0.573 e. The molecule has 6 nitrogen and oxygen atoms in total. The van der Waals surface area contributed by atoms with Crippen LogP contribution in [0.2, 0.25) is 0 Å². The van der Waals surface area contributed by atoms with Crippen LogP contribution in [0.4, 0.5) is 18.9 Å². The second kappa shape index (κ2) is 9.13. The summed E-state index contributed by atoms with van der Waals surface area (Å²) in [4.78, 5) is 27.6. The second-order valence-electron chi connectivity index (χ2n) is 5.71. The monoisotopic (exact) mass is 391 g/mol. The summed E-state index contributed by atoms with van der Waals surface area (Å²) in [5, 5.41) is 2.63. The fourth-order valence-corrected chi connectivity index (χ4v) is 2.94. The summed E-state index contributed by atoms with van der Waals surface area (Å²) >= 11 is 1.48. The van der Waals surface area contributed by atoms with E-state index in [1.165, 1.54) is 23.9 Å². The van der Waals surface area contributed by atoms with Gasteiger partial charge < -0.3 is 15.0 Å². The van der Waals surface area contributed by atoms with E-state index in [1.54, 1.807) is 4.90 Å². The Kier molecular flexibility index (Phi) is 7.15. The third kappa shape index (κ3) is 6.75. The number of anilines is 1. The molecular formula is C16H20F3N3O3S. The summed E-state index contributed by atoms with van der Waals surface area (Å²) in [5.74, 6) is -0.0585. The molecule has 1 aromatic rings. The number of halogens is 3. The lowest BCUT2D eigenvalue weighted by Gasteiger charge is -2.34. The van der Waals surface area contributed by atoms with E-state index in [1.807, 2.05) is 11.2 Å². The van der Waals surface area contributed by atoms with Crippen molar-refractivity contribution in [3.63, 3.8) is 0 Å². The van der Waals surface area contributed by atoms with Gasteiger partial charge in [-0.25, -0.2) is 0 Å². The molecule has 1 heterocycles. The lowest BCUT2D eigenvalue weighted by atomic mass is 10.3. The van der Waals surface area contributed by atoms with Gasteiger partial charge in [0.15, 0.2) is 0 Å². The SMILES string of the molecule is CSCC(=O)N1CCN(CC(=O)Nc2ccc(OC(F)(F)F)cc2)CC1. The first-order valence-electron chi connectivity index (χ1n) is 7.91. The van der Waals surface area contributed by atoms with Gasteiger partial charge in [0.05, 0.1) is 12.3 Å². The molecule has 1 aliphatic rings. The summed E-state index contributed by atoms with van der Waals surface area (Å²) < 4.78 is 40.1. The Balaban J connectivity index is 1.76. The molecule has 0 unspecified atom stereocenters. The molecule has 1 N–H and O–H groups in total. The molecule has 0 aliphatic carbocycles. The van der Waals surface area contributed by atoms with Crippen LogP contribution in [-0.4, -0.2) is 72.7 Å². The molecular weight excluding hydrogens is 371 g/mol. The molecule has 0 radical (unpaired) electrons. The van der Waals surface area contributed by atoms with E-state index in [9.17, 15) is 22.8 Å². The number of benzene rings is 1. The maximum Gasteiger partial charge on any atom is 0.573 e. The van der Waals surface area contributed by atoms with Crippen LogP contribution in [-0.2, 0) is 9.59 Å². The van der Waals surface area contributed by atoms with Crippen LogP contribution in [0, 0.1) is 0 Å². The Morgan fingerprint density at radius 3 is 2.31 bits per heavy atom. The van der Waals surface area contributed by atoms with Crippen LogP contribution in [0.15, 0.2) is 24.3 Å². The van der Waals surface area contributed by atoms with Gasteiger partial charge in [0.2, 0.25) is 11.8 Å². The third-order valence-electron chi connectivity index (χ3n) is 3.73. The molecule has 0 bridgehead atoms. The molecule has 0 spiro atoms. The smallest absolute Gasteiger partial charge is 0.406 e. The number of nitrogens with zero attached hydrogens (tertiary/aromatic N) is 2. The summed E-state index contributed by atoms with van der Waals surface area (Å²) in [6.45, 7) is 2.52. The van der Waals surface area contributed by atoms with Gasteiger partial charge in [-0.2, -0.15) is 11.8 Å². The van der Waals surface area contributed by atoms with Gasteiger partial charge in [0.1, 0.15) is 5.75 Å². The lowest BCUT2D eigenvalue weighted by molar-refractivity contribution is -0.274. The van der Waals surface area contributed by atoms with Crippen LogP contribution in [0.1, 0.15) is 0 Å². The van der Waals surface area contributed by atoms with Crippen molar-refractivity contribution in [2.75, 3.05) is 50.0 Å². The first-order valence-corrected chi connectivity index (χ1v) is 9.31. The van der Waals surface area contributed by atoms with Crippen LogP contribution >= 0.6 is 11.8 Å². The highest BCUT2D eigenvalue weighted by molar-refractivity contribution is 7.99. The average Bonchev–Trinajstić information content (AvgIpc) is 2.56. The van der Waals surface area contributed by atoms with Crippen molar-refractivity contribution >= 4 is 29.3 Å². The van der Waals surface area contributed by atoms with Crippen LogP contribution in [0.25, 0.3) is 0 Å². The average molecular weight is 391 g/mol. The molecule has 2 rings (SSSR count). The number of thioether (sulfide) groups is 1. The fraction of sp³-hybridized carbons (Fsp3) is 0.500. The van der Waals surface area contributed by atoms with Gasteiger partial charge in [0, 0.05) is 31.9 Å². The number of carbonyl (C=O) groups excluding carboxylic acids is 2. The normalized spacial score (nSPS) is 15.6. The minimum Gasteiger partial charge on any atom is -0.406 e. The Bertz CT molecular complexity index is 617. The minimum absolute atomic E-state index is 0.0998. The van der Waals surface area contributed by atoms with E-state index >= 15 is 0 Å². The maximum atomic E-state index is 12.1. The van der Waals surface area contributed by atoms with E-state index < -0.39 is 6.36 Å². The molecule has 0 saturated carbocycles. The zero-order valence-corrected chi connectivity index (χ0v) is 15.0. The molecule has 1 saturated heterocycles. The van der Waals surface area contributed by atoms with Crippen LogP contribution < -0.4 is 10.1 Å². The van der Waals surface area contributed by atoms with Gasteiger partial charge in [-0.05, 0) is 30.5 Å². The number of ether oxygens (including phenoxy) is 1. The van der Waals surface area contributed by atoms with Gasteiger partial charge in [-0.3, -0.25) is 14.5 Å². The Morgan fingerprint density at radius 2 is 1.77 bits per heavy atom. The molecule has 144 valence electrons. The topological polar surface area (TPSA) is 61.9 Å². The predicted molar refractivity (Wildman–Crippen MR) is 93.2 cm³/mol. The van der Waals surface area contributed by atoms with Crippen LogP contribution in [0.5, 0.6) is 5.75 Å². The molecule has 1 aromatic carbocycles. The Labute approximate surface area is 153 Å². The molecule has 1 aliphatic heterocycles. The number of hydrogen-bond acceptors (Lipinski definition) is 5. The molecule has 2 amide bonds. The van der Waals surface area contributed by atoms with Crippen molar-refractivity contribution in [1.29, 1.82) is 0 Å². The molecule has 10 heteroatoms. The van der Waals surface area contributed by atoms with Crippen molar-refractivity contribution in [1.82, 2.24) is 9.80 Å². The summed E-state index contributed by atoms with van der Waals surface area (Å²) in [6.07, 6.45) is -2.87. The number of rotatable bonds is 6. The maximum absolute atomic E-state index is 12.1. The number of carbonyl (C=O) groups is 2. The van der Waals surface area contributed by atoms with E-state index in [-0.39, 0.29) is 24.1 Å². The summed E-state index contributed by atoms with van der Waals surface area (Å²) in [7, 11) is 0. The highest BCUT2D eigenvalue weighted by Crippen LogP contribution is 2.23. The van der Waals surface area contributed by atoms with Gasteiger partial charge in [-0.15, -0.1) is 13.2 Å².